The topological polar surface area (TPSA) is 237 Å². The van der Waals surface area contributed by atoms with Crippen molar-refractivity contribution in [1.82, 2.24) is 0 Å². The van der Waals surface area contributed by atoms with Gasteiger partial charge in [-0.3, -0.25) is 37.3 Å². The van der Waals surface area contributed by atoms with E-state index in [1.807, 2.05) is 0 Å². The summed E-state index contributed by atoms with van der Waals surface area (Å²) in [7, 11) is -9.89. The Balaban J connectivity index is 5.26. The Bertz CT molecular complexity index is 1700. The third kappa shape index (κ3) is 59.7. The van der Waals surface area contributed by atoms with Gasteiger partial charge in [0.25, 0.3) is 0 Å². The highest BCUT2D eigenvalue weighted by atomic mass is 31.2. The fourth-order valence-corrected chi connectivity index (χ4v) is 11.6. The van der Waals surface area contributed by atoms with Crippen LogP contribution in [0.4, 0.5) is 0 Å². The Hall–Kier alpha value is -1.94. The minimum atomic E-state index is -4.95. The van der Waals surface area contributed by atoms with Crippen molar-refractivity contribution < 1.29 is 80.2 Å². The average molecular weight is 1270 g/mol. The smallest absolute Gasteiger partial charge is 0.462 e. The standard InChI is InChI=1S/C67H130O17P2/c1-8-10-11-12-13-14-15-18-27-34-41-48-64(69)77-54-63(84-67(72)51-44-37-30-22-20-25-32-39-46-59(5)6)57-82-86(75,76)80-53-61(68)52-79-85(73,74)81-56-62(83-66(71)50-43-36-29-19-16-17-24-31-38-45-58(3)4)55-78-65(70)49-42-35-28-23-21-26-33-40-47-60(7)9-2/h58-63,68H,8-57H2,1-7H3,(H,73,74)(H,75,76)/t60?,61-,62-,63-/m1/s1. The largest absolute Gasteiger partial charge is 0.472 e. The molecule has 19 heteroatoms. The van der Waals surface area contributed by atoms with Crippen molar-refractivity contribution in [1.29, 1.82) is 0 Å². The summed E-state index contributed by atoms with van der Waals surface area (Å²) >= 11 is 0. The van der Waals surface area contributed by atoms with Gasteiger partial charge >= 0.3 is 39.5 Å². The molecule has 510 valence electrons. The Morgan fingerprint density at radius 1 is 0.337 bits per heavy atom. The van der Waals surface area contributed by atoms with Gasteiger partial charge in [-0.05, 0) is 43.4 Å². The third-order valence-electron chi connectivity index (χ3n) is 15.7. The molecule has 86 heavy (non-hydrogen) atoms. The highest BCUT2D eigenvalue weighted by Gasteiger charge is 2.30. The van der Waals surface area contributed by atoms with Crippen molar-refractivity contribution in [3.05, 3.63) is 0 Å². The second-order valence-corrected chi connectivity index (χ2v) is 28.3. The number of aliphatic hydroxyl groups excluding tert-OH is 1. The van der Waals surface area contributed by atoms with Gasteiger partial charge in [0.05, 0.1) is 26.4 Å². The zero-order valence-corrected chi connectivity index (χ0v) is 57.6. The Labute approximate surface area is 524 Å². The van der Waals surface area contributed by atoms with Gasteiger partial charge in [0, 0.05) is 25.7 Å². The second-order valence-electron chi connectivity index (χ2n) is 25.4. The third-order valence-corrected chi connectivity index (χ3v) is 17.6. The van der Waals surface area contributed by atoms with Crippen molar-refractivity contribution in [3.8, 4) is 0 Å². The van der Waals surface area contributed by atoms with E-state index in [9.17, 15) is 43.2 Å². The van der Waals surface area contributed by atoms with Crippen molar-refractivity contribution in [2.75, 3.05) is 39.6 Å². The lowest BCUT2D eigenvalue weighted by Gasteiger charge is -2.21. The number of ether oxygens (including phenoxy) is 4. The summed E-state index contributed by atoms with van der Waals surface area (Å²) in [6, 6.07) is 0. The van der Waals surface area contributed by atoms with Crippen LogP contribution in [0.5, 0.6) is 0 Å². The van der Waals surface area contributed by atoms with Crippen LogP contribution in [0.25, 0.3) is 0 Å². The molecule has 0 amide bonds. The molecule has 0 bridgehead atoms. The molecule has 0 radical (unpaired) electrons. The van der Waals surface area contributed by atoms with Crippen molar-refractivity contribution in [2.45, 2.75) is 349 Å². The molecule has 0 aliphatic carbocycles. The number of phosphoric acid groups is 2. The zero-order valence-electron chi connectivity index (χ0n) is 55.8. The first kappa shape index (κ1) is 84.1. The first-order valence-electron chi connectivity index (χ1n) is 34.9. The normalized spacial score (nSPS) is 14.6. The molecule has 17 nitrogen and oxygen atoms in total. The molecule has 0 aliphatic rings. The molecule has 0 saturated carbocycles. The first-order chi connectivity index (χ1) is 41.3. The molecule has 0 rings (SSSR count). The molecule has 0 aromatic rings. The van der Waals surface area contributed by atoms with E-state index in [0.29, 0.717) is 25.7 Å². The number of carbonyl (C=O) groups excluding carboxylic acids is 4. The number of unbranched alkanes of at least 4 members (excludes halogenated alkanes) is 32. The van der Waals surface area contributed by atoms with E-state index < -0.39 is 97.5 Å². The van der Waals surface area contributed by atoms with Crippen LogP contribution in [-0.4, -0.2) is 96.7 Å². The van der Waals surface area contributed by atoms with Gasteiger partial charge in [0.1, 0.15) is 19.3 Å². The van der Waals surface area contributed by atoms with Crippen LogP contribution in [0, 0.1) is 17.8 Å². The summed E-state index contributed by atoms with van der Waals surface area (Å²) in [5.41, 5.74) is 0. The molecule has 0 aromatic carbocycles. The second kappa shape index (κ2) is 58.2. The monoisotopic (exact) mass is 1270 g/mol. The Morgan fingerprint density at radius 3 is 0.884 bits per heavy atom. The van der Waals surface area contributed by atoms with Gasteiger partial charge in [0.15, 0.2) is 12.2 Å². The van der Waals surface area contributed by atoms with Gasteiger partial charge in [0.2, 0.25) is 0 Å². The number of hydrogen-bond donors (Lipinski definition) is 3. The van der Waals surface area contributed by atoms with E-state index in [1.54, 1.807) is 0 Å². The van der Waals surface area contributed by atoms with Gasteiger partial charge in [-0.2, -0.15) is 0 Å². The Kier molecular flexibility index (Phi) is 56.9. The average Bonchev–Trinajstić information content (AvgIpc) is 3.56. The molecular weight excluding hydrogens is 1140 g/mol. The summed E-state index contributed by atoms with van der Waals surface area (Å²) < 4.78 is 68.1. The number of hydrogen-bond acceptors (Lipinski definition) is 15. The van der Waals surface area contributed by atoms with Crippen LogP contribution in [0.2, 0.25) is 0 Å². The SMILES string of the molecule is CCCCCCCCCCCCCC(=O)OC[C@H](COP(=O)(O)OC[C@H](O)COP(=O)(O)OC[C@@H](COC(=O)CCCCCCCCCCC(C)CC)OC(=O)CCCCCCCCCCCC(C)C)OC(=O)CCCCCCCCCCC(C)C. The molecule has 3 unspecified atom stereocenters. The summed E-state index contributed by atoms with van der Waals surface area (Å²) in [5, 5.41) is 10.6. The predicted molar refractivity (Wildman–Crippen MR) is 344 cm³/mol. The number of phosphoric ester groups is 2. The predicted octanol–water partition coefficient (Wildman–Crippen LogP) is 18.7. The van der Waals surface area contributed by atoms with E-state index >= 15 is 0 Å². The Morgan fingerprint density at radius 2 is 0.593 bits per heavy atom. The fourth-order valence-electron chi connectivity index (χ4n) is 9.98. The molecular formula is C67H130O17P2. The van der Waals surface area contributed by atoms with Crippen molar-refractivity contribution in [2.24, 2.45) is 17.8 Å². The van der Waals surface area contributed by atoms with Gasteiger partial charge < -0.3 is 33.8 Å². The summed E-state index contributed by atoms with van der Waals surface area (Å²) in [4.78, 5) is 72.4. The van der Waals surface area contributed by atoms with Crippen LogP contribution >= 0.6 is 15.6 Å². The van der Waals surface area contributed by atoms with Crippen LogP contribution in [0.1, 0.15) is 331 Å². The van der Waals surface area contributed by atoms with Crippen LogP contribution in [0.15, 0.2) is 0 Å². The minimum Gasteiger partial charge on any atom is -0.462 e. The summed E-state index contributed by atoms with van der Waals surface area (Å²) in [6.45, 7) is 11.8. The summed E-state index contributed by atoms with van der Waals surface area (Å²) in [6.07, 6.45) is 40.2. The fraction of sp³-hybridized carbons (Fsp3) is 0.940. The van der Waals surface area contributed by atoms with Gasteiger partial charge in [-0.1, -0.05) is 280 Å². The highest BCUT2D eigenvalue weighted by molar-refractivity contribution is 7.47. The minimum absolute atomic E-state index is 0.104. The van der Waals surface area contributed by atoms with Gasteiger partial charge in [-0.25, -0.2) is 9.13 Å². The van der Waals surface area contributed by atoms with E-state index in [0.717, 1.165) is 108 Å². The number of rotatable bonds is 65. The molecule has 0 spiro atoms. The molecule has 6 atom stereocenters. The molecule has 0 aromatic heterocycles. The lowest BCUT2D eigenvalue weighted by atomic mass is 9.99. The maximum atomic E-state index is 13.0. The highest BCUT2D eigenvalue weighted by Crippen LogP contribution is 2.45. The van der Waals surface area contributed by atoms with E-state index in [-0.39, 0.29) is 25.7 Å². The molecule has 0 heterocycles. The molecule has 0 aliphatic heterocycles. The molecule has 0 saturated heterocycles. The van der Waals surface area contributed by atoms with E-state index in [2.05, 4.69) is 48.5 Å². The van der Waals surface area contributed by atoms with Gasteiger partial charge in [-0.15, -0.1) is 0 Å². The number of aliphatic hydroxyl groups is 1. The lowest BCUT2D eigenvalue weighted by Crippen LogP contribution is -2.30. The lowest BCUT2D eigenvalue weighted by molar-refractivity contribution is -0.161. The van der Waals surface area contributed by atoms with Crippen LogP contribution < -0.4 is 0 Å². The van der Waals surface area contributed by atoms with Crippen molar-refractivity contribution >= 4 is 39.5 Å². The number of esters is 4. The van der Waals surface area contributed by atoms with E-state index in [1.165, 1.54) is 141 Å². The van der Waals surface area contributed by atoms with Crippen LogP contribution in [0.3, 0.4) is 0 Å². The molecule has 3 N–H and O–H groups in total. The maximum Gasteiger partial charge on any atom is 0.472 e. The van der Waals surface area contributed by atoms with Crippen molar-refractivity contribution in [3.63, 3.8) is 0 Å². The maximum absolute atomic E-state index is 13.0. The first-order valence-corrected chi connectivity index (χ1v) is 37.9. The number of carbonyl (C=O) groups is 4. The molecule has 0 fully saturated rings. The quantitative estimate of drug-likeness (QED) is 0.0222. The van der Waals surface area contributed by atoms with E-state index in [4.69, 9.17) is 37.0 Å². The summed E-state index contributed by atoms with van der Waals surface area (Å²) in [5.74, 6) is 0.1000. The zero-order chi connectivity index (χ0) is 63.8. The van der Waals surface area contributed by atoms with Crippen LogP contribution in [-0.2, 0) is 65.4 Å².